The summed E-state index contributed by atoms with van der Waals surface area (Å²) in [5.74, 6) is -0.997. The Bertz CT molecular complexity index is 243. The topological polar surface area (TPSA) is 61.7 Å². The second-order valence-electron chi connectivity index (χ2n) is 2.48. The lowest BCUT2D eigenvalue weighted by Gasteiger charge is -2.16. The molecule has 0 bridgehead atoms. The van der Waals surface area contributed by atoms with Crippen LogP contribution in [0, 0.1) is 0 Å². The Morgan fingerprint density at radius 1 is 1.82 bits per heavy atom. The molecule has 0 aromatic heterocycles. The molecule has 11 heavy (non-hydrogen) atoms. The number of aliphatic imine (C=N–C) groups is 1. The monoisotopic (exact) mass is 154 g/mol. The van der Waals surface area contributed by atoms with Crippen LogP contribution in [-0.4, -0.2) is 22.8 Å². The fraction of sp³-hybridized carbons (Fsp3) is 0.429. The van der Waals surface area contributed by atoms with Crippen molar-refractivity contribution in [1.29, 1.82) is 0 Å². The van der Waals surface area contributed by atoms with Gasteiger partial charge >= 0.3 is 5.97 Å². The molecule has 1 aliphatic rings. The van der Waals surface area contributed by atoms with Crippen LogP contribution in [0.2, 0.25) is 0 Å². The van der Waals surface area contributed by atoms with Gasteiger partial charge in [0.15, 0.2) is 5.70 Å². The zero-order valence-corrected chi connectivity index (χ0v) is 6.46. The first-order chi connectivity index (χ1) is 5.11. The Balaban J connectivity index is 2.83. The summed E-state index contributed by atoms with van der Waals surface area (Å²) in [5.41, 5.74) is 0.866. The van der Waals surface area contributed by atoms with Crippen LogP contribution in [0.4, 0.5) is 0 Å². The van der Waals surface area contributed by atoms with E-state index in [0.717, 1.165) is 5.71 Å². The second kappa shape index (κ2) is 2.74. The molecule has 1 atom stereocenters. The summed E-state index contributed by atoms with van der Waals surface area (Å²) >= 11 is 0. The van der Waals surface area contributed by atoms with Gasteiger partial charge < -0.3 is 10.4 Å². The predicted octanol–water partition coefficient (Wildman–Crippen LogP) is 0.365. The van der Waals surface area contributed by atoms with E-state index >= 15 is 0 Å². The number of carboxylic acids is 1. The number of hydrogen-bond donors (Lipinski definition) is 2. The van der Waals surface area contributed by atoms with E-state index in [4.69, 9.17) is 5.11 Å². The molecule has 4 nitrogen and oxygen atoms in total. The molecule has 0 spiro atoms. The first kappa shape index (κ1) is 7.78. The summed E-state index contributed by atoms with van der Waals surface area (Å²) in [7, 11) is 0. The number of aliphatic carboxylic acids is 1. The predicted molar refractivity (Wildman–Crippen MR) is 41.4 cm³/mol. The van der Waals surface area contributed by atoms with Crippen molar-refractivity contribution in [1.82, 2.24) is 5.32 Å². The van der Waals surface area contributed by atoms with Crippen LogP contribution in [-0.2, 0) is 4.79 Å². The van der Waals surface area contributed by atoms with Crippen molar-refractivity contribution in [2.75, 3.05) is 0 Å². The summed E-state index contributed by atoms with van der Waals surface area (Å²) in [6, 6.07) is 0.137. The third-order valence-corrected chi connectivity index (χ3v) is 1.61. The fourth-order valence-corrected chi connectivity index (χ4v) is 0.753. The number of rotatable bonds is 1. The highest BCUT2D eigenvalue weighted by Gasteiger charge is 2.14. The highest BCUT2D eigenvalue weighted by Crippen LogP contribution is 2.04. The number of nitrogens with zero attached hydrogens (tertiary/aromatic N) is 1. The van der Waals surface area contributed by atoms with E-state index in [9.17, 15) is 4.79 Å². The Kier molecular flexibility index (Phi) is 1.94. The molecule has 0 aliphatic carbocycles. The zero-order valence-electron chi connectivity index (χ0n) is 6.46. The van der Waals surface area contributed by atoms with Gasteiger partial charge in [-0.1, -0.05) is 0 Å². The maximum absolute atomic E-state index is 10.4. The molecular formula is C7H10N2O2. The van der Waals surface area contributed by atoms with Gasteiger partial charge in [0.25, 0.3) is 0 Å². The van der Waals surface area contributed by atoms with Crippen LogP contribution >= 0.6 is 0 Å². The maximum atomic E-state index is 10.4. The summed E-state index contributed by atoms with van der Waals surface area (Å²) in [5, 5.41) is 11.4. The van der Waals surface area contributed by atoms with Crippen LogP contribution in [0.25, 0.3) is 0 Å². The minimum Gasteiger partial charge on any atom is -0.476 e. The molecule has 0 aromatic rings. The minimum atomic E-state index is -0.997. The first-order valence-electron chi connectivity index (χ1n) is 3.36. The van der Waals surface area contributed by atoms with Crippen LogP contribution in [0.15, 0.2) is 16.9 Å². The van der Waals surface area contributed by atoms with E-state index in [1.54, 1.807) is 6.92 Å². The molecule has 0 saturated carbocycles. The highest BCUT2D eigenvalue weighted by molar-refractivity contribution is 5.95. The van der Waals surface area contributed by atoms with Crippen molar-refractivity contribution in [2.45, 2.75) is 19.9 Å². The minimum absolute atomic E-state index is 0.0700. The number of hydrogen-bond acceptors (Lipinski definition) is 3. The van der Waals surface area contributed by atoms with Gasteiger partial charge in [0.2, 0.25) is 0 Å². The fourth-order valence-electron chi connectivity index (χ4n) is 0.753. The van der Waals surface area contributed by atoms with Crippen molar-refractivity contribution >= 4 is 11.7 Å². The van der Waals surface area contributed by atoms with Crippen molar-refractivity contribution in [3.8, 4) is 0 Å². The molecule has 2 N–H and O–H groups in total. The van der Waals surface area contributed by atoms with Gasteiger partial charge in [-0.25, -0.2) is 9.79 Å². The third-order valence-electron chi connectivity index (χ3n) is 1.61. The molecule has 0 fully saturated rings. The molecule has 1 aliphatic heterocycles. The molecule has 1 heterocycles. The summed E-state index contributed by atoms with van der Waals surface area (Å²) in [6.45, 7) is 3.72. The number of carboxylic acid groups (broad SMARTS) is 1. The molecule has 0 saturated heterocycles. The van der Waals surface area contributed by atoms with Crippen molar-refractivity contribution in [3.05, 3.63) is 11.9 Å². The first-order valence-corrected chi connectivity index (χ1v) is 3.36. The van der Waals surface area contributed by atoms with Crippen molar-refractivity contribution in [3.63, 3.8) is 0 Å². The zero-order chi connectivity index (χ0) is 8.43. The van der Waals surface area contributed by atoms with E-state index in [0.29, 0.717) is 0 Å². The van der Waals surface area contributed by atoms with Gasteiger partial charge in [-0.2, -0.15) is 0 Å². The lowest BCUT2D eigenvalue weighted by Crippen LogP contribution is -2.32. The van der Waals surface area contributed by atoms with Crippen molar-refractivity contribution < 1.29 is 9.90 Å². The second-order valence-corrected chi connectivity index (χ2v) is 2.48. The molecule has 4 heteroatoms. The molecule has 0 amide bonds. The van der Waals surface area contributed by atoms with Crippen LogP contribution in [0.5, 0.6) is 0 Å². The lowest BCUT2D eigenvalue weighted by molar-refractivity contribution is -0.132. The van der Waals surface area contributed by atoms with Crippen LogP contribution < -0.4 is 5.32 Å². The summed E-state index contributed by atoms with van der Waals surface area (Å²) < 4.78 is 0. The number of nitrogens with one attached hydrogen (secondary N) is 1. The Hall–Kier alpha value is -1.32. The van der Waals surface area contributed by atoms with E-state index in [1.807, 2.05) is 6.92 Å². The Labute approximate surface area is 64.6 Å². The van der Waals surface area contributed by atoms with Gasteiger partial charge in [-0.05, 0) is 13.8 Å². The van der Waals surface area contributed by atoms with E-state index in [2.05, 4.69) is 10.3 Å². The van der Waals surface area contributed by atoms with E-state index in [-0.39, 0.29) is 11.7 Å². The van der Waals surface area contributed by atoms with Gasteiger partial charge in [-0.3, -0.25) is 0 Å². The standard InChI is InChI=1S/C7H10N2O2/c1-4-5(2)9-6(3-8-4)7(10)11/h3-4,8H,1-2H3,(H,10,11). The van der Waals surface area contributed by atoms with E-state index < -0.39 is 5.97 Å². The number of carbonyl (C=O) groups is 1. The van der Waals surface area contributed by atoms with Gasteiger partial charge in [-0.15, -0.1) is 0 Å². The van der Waals surface area contributed by atoms with Gasteiger partial charge in [0.1, 0.15) is 0 Å². The van der Waals surface area contributed by atoms with Crippen molar-refractivity contribution in [2.24, 2.45) is 4.99 Å². The maximum Gasteiger partial charge on any atom is 0.355 e. The smallest absolute Gasteiger partial charge is 0.355 e. The highest BCUT2D eigenvalue weighted by atomic mass is 16.4. The molecule has 0 radical (unpaired) electrons. The molecular weight excluding hydrogens is 144 g/mol. The third kappa shape index (κ3) is 1.58. The lowest BCUT2D eigenvalue weighted by atomic mass is 10.2. The van der Waals surface area contributed by atoms with Crippen LogP contribution in [0.3, 0.4) is 0 Å². The molecule has 0 aromatic carbocycles. The largest absolute Gasteiger partial charge is 0.476 e. The Morgan fingerprint density at radius 2 is 2.45 bits per heavy atom. The quantitative estimate of drug-likeness (QED) is 0.573. The summed E-state index contributed by atoms with van der Waals surface area (Å²) in [4.78, 5) is 14.3. The Morgan fingerprint density at radius 3 is 2.91 bits per heavy atom. The SMILES string of the molecule is CC1=NC(C(=O)O)=CNC1C. The van der Waals surface area contributed by atoms with Gasteiger partial charge in [0, 0.05) is 11.9 Å². The average molecular weight is 154 g/mol. The van der Waals surface area contributed by atoms with Gasteiger partial charge in [0.05, 0.1) is 6.04 Å². The summed E-state index contributed by atoms with van der Waals surface area (Å²) in [6.07, 6.45) is 1.42. The molecule has 60 valence electrons. The van der Waals surface area contributed by atoms with Crippen LogP contribution in [0.1, 0.15) is 13.8 Å². The molecule has 1 rings (SSSR count). The van der Waals surface area contributed by atoms with E-state index in [1.165, 1.54) is 6.20 Å². The average Bonchev–Trinajstić information content (AvgIpc) is 1.94. The normalized spacial score (nSPS) is 23.3. The molecule has 1 unspecified atom stereocenters.